The van der Waals surface area contributed by atoms with Crippen molar-refractivity contribution in [3.63, 3.8) is 0 Å². The highest BCUT2D eigenvalue weighted by Gasteiger charge is 2.17. The molecule has 7 nitrogen and oxygen atoms in total. The summed E-state index contributed by atoms with van der Waals surface area (Å²) in [6, 6.07) is 9.76. The van der Waals surface area contributed by atoms with E-state index in [2.05, 4.69) is 42.1 Å². The number of hydrogen-bond acceptors (Lipinski definition) is 6. The van der Waals surface area contributed by atoms with E-state index in [9.17, 15) is 18.0 Å². The summed E-state index contributed by atoms with van der Waals surface area (Å²) in [5, 5.41) is 11.9. The molecule has 2 heterocycles. The standard InChI is InChI=1S/C12H11BrN2O3S2.C5H3BrO2S/c1-8-2-4-9(5-3-8)20(17,18)15-14-12(16)11-10(13)6-7-19-11;6-3-1-2-9-4(3)5(7)8/h2-7,15H,1H3,(H,14,16);1-2H,(H,7,8). The molecule has 0 bridgehead atoms. The van der Waals surface area contributed by atoms with Crippen molar-refractivity contribution >= 4 is 76.4 Å². The molecule has 0 saturated carbocycles. The highest BCUT2D eigenvalue weighted by Crippen LogP contribution is 2.22. The largest absolute Gasteiger partial charge is 0.477 e. The van der Waals surface area contributed by atoms with Crippen LogP contribution in [-0.2, 0) is 10.0 Å². The minimum atomic E-state index is -3.77. The highest BCUT2D eigenvalue weighted by atomic mass is 79.9. The Morgan fingerprint density at radius 1 is 0.931 bits per heavy atom. The average Bonchev–Trinajstić information content (AvgIpc) is 3.29. The van der Waals surface area contributed by atoms with Gasteiger partial charge in [0.2, 0.25) is 0 Å². The zero-order valence-corrected chi connectivity index (χ0v) is 20.3. The lowest BCUT2D eigenvalue weighted by Gasteiger charge is -2.08. The summed E-state index contributed by atoms with van der Waals surface area (Å²) in [6.07, 6.45) is 0. The Morgan fingerprint density at radius 2 is 1.45 bits per heavy atom. The Morgan fingerprint density at radius 3 is 1.86 bits per heavy atom. The van der Waals surface area contributed by atoms with Crippen molar-refractivity contribution in [1.29, 1.82) is 0 Å². The second-order valence-corrected chi connectivity index (χ2v) is 10.6. The summed E-state index contributed by atoms with van der Waals surface area (Å²) < 4.78 is 25.2. The second kappa shape index (κ2) is 10.5. The molecular formula is C17H14Br2N2O5S3. The van der Waals surface area contributed by atoms with Gasteiger partial charge in [0, 0.05) is 8.95 Å². The molecule has 0 fully saturated rings. The van der Waals surface area contributed by atoms with Crippen LogP contribution >= 0.6 is 54.5 Å². The first-order chi connectivity index (χ1) is 13.6. The van der Waals surface area contributed by atoms with E-state index in [-0.39, 0.29) is 4.90 Å². The number of carbonyl (C=O) groups excluding carboxylic acids is 1. The van der Waals surface area contributed by atoms with Gasteiger partial charge in [-0.15, -0.1) is 27.5 Å². The predicted molar refractivity (Wildman–Crippen MR) is 120 cm³/mol. The average molecular weight is 582 g/mol. The summed E-state index contributed by atoms with van der Waals surface area (Å²) in [7, 11) is -3.77. The first-order valence-corrected chi connectivity index (χ1v) is 12.5. The number of hydrazine groups is 1. The number of aromatic carboxylic acids is 1. The maximum atomic E-state index is 12.0. The van der Waals surface area contributed by atoms with Crippen molar-refractivity contribution in [2.24, 2.45) is 0 Å². The molecule has 0 unspecified atom stereocenters. The van der Waals surface area contributed by atoms with E-state index in [1.54, 1.807) is 35.0 Å². The van der Waals surface area contributed by atoms with Crippen LogP contribution in [-0.4, -0.2) is 25.4 Å². The summed E-state index contributed by atoms with van der Waals surface area (Å²) in [5.74, 6) is -1.39. The molecule has 1 aromatic carbocycles. The first-order valence-electron chi connectivity index (χ1n) is 7.70. The third-order valence-corrected chi connectivity index (χ3v) is 8.19. The van der Waals surface area contributed by atoms with E-state index in [1.165, 1.54) is 34.8 Å². The molecule has 3 N–H and O–H groups in total. The van der Waals surface area contributed by atoms with Gasteiger partial charge in [-0.3, -0.25) is 10.2 Å². The maximum Gasteiger partial charge on any atom is 0.347 e. The van der Waals surface area contributed by atoms with Crippen LogP contribution in [0.5, 0.6) is 0 Å². The van der Waals surface area contributed by atoms with Crippen LogP contribution in [0.25, 0.3) is 0 Å². The molecule has 0 radical (unpaired) electrons. The molecule has 29 heavy (non-hydrogen) atoms. The van der Waals surface area contributed by atoms with Gasteiger partial charge in [0.15, 0.2) is 0 Å². The van der Waals surface area contributed by atoms with E-state index in [0.29, 0.717) is 18.7 Å². The number of aryl methyl sites for hydroxylation is 1. The molecule has 1 amide bonds. The maximum absolute atomic E-state index is 12.0. The Kier molecular flexibility index (Phi) is 8.55. The fourth-order valence-electron chi connectivity index (χ4n) is 1.85. The van der Waals surface area contributed by atoms with Crippen LogP contribution in [0.4, 0.5) is 0 Å². The number of rotatable bonds is 5. The number of carboxylic acid groups (broad SMARTS) is 1. The van der Waals surface area contributed by atoms with Gasteiger partial charge in [0.25, 0.3) is 15.9 Å². The van der Waals surface area contributed by atoms with Gasteiger partial charge in [-0.05, 0) is 73.8 Å². The zero-order chi connectivity index (χ0) is 21.6. The summed E-state index contributed by atoms with van der Waals surface area (Å²) >= 11 is 8.73. The lowest BCUT2D eigenvalue weighted by atomic mass is 10.2. The van der Waals surface area contributed by atoms with Gasteiger partial charge in [-0.25, -0.2) is 13.2 Å². The highest BCUT2D eigenvalue weighted by molar-refractivity contribution is 9.11. The molecule has 0 spiro atoms. The molecule has 12 heteroatoms. The van der Waals surface area contributed by atoms with Crippen LogP contribution in [0.1, 0.15) is 24.9 Å². The number of carbonyl (C=O) groups is 2. The fourth-order valence-corrected chi connectivity index (χ4v) is 5.51. The Bertz CT molecular complexity index is 1110. The number of benzene rings is 1. The van der Waals surface area contributed by atoms with Crippen molar-refractivity contribution in [2.75, 3.05) is 0 Å². The Hall–Kier alpha value is -1.57. The summed E-state index contributed by atoms with van der Waals surface area (Å²) in [5.41, 5.74) is 3.14. The molecule has 0 aliphatic heterocycles. The van der Waals surface area contributed by atoms with Crippen LogP contribution in [0.2, 0.25) is 0 Å². The van der Waals surface area contributed by atoms with Crippen LogP contribution in [0, 0.1) is 6.92 Å². The van der Waals surface area contributed by atoms with Crippen molar-refractivity contribution < 1.29 is 23.1 Å². The van der Waals surface area contributed by atoms with E-state index in [1.807, 2.05) is 6.92 Å². The molecule has 154 valence electrons. The number of thiophene rings is 2. The smallest absolute Gasteiger partial charge is 0.347 e. The van der Waals surface area contributed by atoms with Gasteiger partial charge < -0.3 is 5.11 Å². The third kappa shape index (κ3) is 6.73. The number of hydrogen-bond donors (Lipinski definition) is 3. The minimum absolute atomic E-state index is 0.0913. The van der Waals surface area contributed by atoms with Gasteiger partial charge in [0.1, 0.15) is 9.75 Å². The predicted octanol–water partition coefficient (Wildman–Crippen LogP) is 4.65. The Labute approximate surface area is 192 Å². The quantitative estimate of drug-likeness (QED) is 0.380. The molecule has 0 aliphatic carbocycles. The topological polar surface area (TPSA) is 113 Å². The third-order valence-electron chi connectivity index (χ3n) is 3.27. The fraction of sp³-hybridized carbons (Fsp3) is 0.0588. The first kappa shape index (κ1) is 23.7. The summed E-state index contributed by atoms with van der Waals surface area (Å²) in [6.45, 7) is 1.86. The van der Waals surface area contributed by atoms with E-state index >= 15 is 0 Å². The van der Waals surface area contributed by atoms with Gasteiger partial charge in [0.05, 0.1) is 4.90 Å². The molecule has 3 aromatic rings. The normalized spacial score (nSPS) is 10.7. The number of sulfonamides is 1. The van der Waals surface area contributed by atoms with Gasteiger partial charge in [-0.1, -0.05) is 17.7 Å². The zero-order valence-electron chi connectivity index (χ0n) is 14.7. The van der Waals surface area contributed by atoms with Crippen molar-refractivity contribution in [2.45, 2.75) is 11.8 Å². The van der Waals surface area contributed by atoms with Gasteiger partial charge in [-0.2, -0.15) is 0 Å². The number of nitrogens with one attached hydrogen (secondary N) is 2. The van der Waals surface area contributed by atoms with Crippen molar-refractivity contribution in [1.82, 2.24) is 10.3 Å². The molecule has 0 atom stereocenters. The molecule has 2 aromatic heterocycles. The van der Waals surface area contributed by atoms with Crippen LogP contribution in [0.15, 0.2) is 61.0 Å². The van der Waals surface area contributed by atoms with Crippen molar-refractivity contribution in [3.05, 3.63) is 71.4 Å². The molecule has 3 rings (SSSR count). The SMILES string of the molecule is Cc1ccc(S(=O)(=O)NNC(=O)c2sccc2Br)cc1.O=C(O)c1sccc1Br. The van der Waals surface area contributed by atoms with E-state index in [0.717, 1.165) is 5.56 Å². The van der Waals surface area contributed by atoms with Crippen LogP contribution in [0.3, 0.4) is 0 Å². The van der Waals surface area contributed by atoms with E-state index < -0.39 is 21.9 Å². The van der Waals surface area contributed by atoms with Crippen LogP contribution < -0.4 is 10.3 Å². The second-order valence-electron chi connectivity index (χ2n) is 5.37. The summed E-state index contributed by atoms with van der Waals surface area (Å²) in [4.78, 5) is 25.0. The van der Waals surface area contributed by atoms with Crippen molar-refractivity contribution in [3.8, 4) is 0 Å². The molecule has 0 aliphatic rings. The number of halogens is 2. The minimum Gasteiger partial charge on any atom is -0.477 e. The lowest BCUT2D eigenvalue weighted by molar-refractivity contribution is 0.0701. The number of amides is 1. The Balaban J connectivity index is 0.000000278. The van der Waals surface area contributed by atoms with Gasteiger partial charge >= 0.3 is 5.97 Å². The molecular weight excluding hydrogens is 568 g/mol. The molecule has 0 saturated heterocycles. The number of carboxylic acids is 1. The van der Waals surface area contributed by atoms with E-state index in [4.69, 9.17) is 5.11 Å². The monoisotopic (exact) mass is 580 g/mol. The lowest BCUT2D eigenvalue weighted by Crippen LogP contribution is -2.41.